The van der Waals surface area contributed by atoms with Crippen molar-refractivity contribution >= 4 is 34.5 Å². The largest absolute Gasteiger partial charge is 0.169 e. The van der Waals surface area contributed by atoms with E-state index >= 15 is 0 Å². The maximum atomic E-state index is 5.85. The molecule has 2 heterocycles. The van der Waals surface area contributed by atoms with Gasteiger partial charge in [0.1, 0.15) is 10.7 Å². The zero-order valence-electron chi connectivity index (χ0n) is 6.64. The van der Waals surface area contributed by atoms with E-state index < -0.39 is 0 Å². The van der Waals surface area contributed by atoms with Gasteiger partial charge in [-0.3, -0.25) is 0 Å². The second kappa shape index (κ2) is 3.65. The van der Waals surface area contributed by atoms with Gasteiger partial charge in [-0.15, -0.1) is 26.9 Å². The van der Waals surface area contributed by atoms with Crippen molar-refractivity contribution in [3.8, 4) is 10.7 Å². The minimum Gasteiger partial charge on any atom is -0.142 e. The Kier molecular flexibility index (Phi) is 2.52. The van der Waals surface area contributed by atoms with Gasteiger partial charge in [-0.1, -0.05) is 15.8 Å². The van der Waals surface area contributed by atoms with Crippen molar-refractivity contribution in [2.45, 2.75) is 12.3 Å². The molecule has 0 aliphatic rings. The minimum absolute atomic E-state index is 0.0992. The first-order chi connectivity index (χ1) is 6.27. The van der Waals surface area contributed by atoms with Crippen LogP contribution in [0.1, 0.15) is 17.3 Å². The summed E-state index contributed by atoms with van der Waals surface area (Å²) in [6.07, 6.45) is 0. The molecule has 2 aromatic heterocycles. The fraction of sp³-hybridized carbons (Fsp3) is 0.333. The number of hydrogen-bond donors (Lipinski definition) is 0. The first-order valence-electron chi connectivity index (χ1n) is 3.52. The Labute approximate surface area is 87.8 Å². The number of alkyl halides is 1. The molecule has 0 amide bonds. The second-order valence-corrected chi connectivity index (χ2v) is 4.63. The molecule has 1 unspecified atom stereocenters. The van der Waals surface area contributed by atoms with Crippen LogP contribution < -0.4 is 0 Å². The van der Waals surface area contributed by atoms with E-state index in [1.165, 1.54) is 22.9 Å². The van der Waals surface area contributed by atoms with Gasteiger partial charge in [0.25, 0.3) is 0 Å². The normalized spacial score (nSPS) is 13.1. The molecule has 7 heteroatoms. The van der Waals surface area contributed by atoms with Gasteiger partial charge in [0.15, 0.2) is 5.01 Å². The summed E-state index contributed by atoms with van der Waals surface area (Å²) in [5, 5.41) is 15.1. The van der Waals surface area contributed by atoms with E-state index in [4.69, 9.17) is 11.6 Å². The van der Waals surface area contributed by atoms with Gasteiger partial charge >= 0.3 is 0 Å². The molecule has 4 nitrogen and oxygen atoms in total. The topological polar surface area (TPSA) is 51.6 Å². The van der Waals surface area contributed by atoms with E-state index in [1.54, 1.807) is 0 Å². The Morgan fingerprint density at radius 2 is 2.23 bits per heavy atom. The van der Waals surface area contributed by atoms with Crippen LogP contribution in [-0.2, 0) is 0 Å². The summed E-state index contributed by atoms with van der Waals surface area (Å²) in [6.45, 7) is 1.87. The molecule has 0 bridgehead atoms. The number of hydrogen-bond acceptors (Lipinski definition) is 6. The number of aromatic nitrogens is 4. The Hall–Kier alpha value is -0.590. The van der Waals surface area contributed by atoms with Crippen molar-refractivity contribution < 1.29 is 0 Å². The predicted octanol–water partition coefficient (Wildman–Crippen LogP) is 2.36. The van der Waals surface area contributed by atoms with Crippen LogP contribution >= 0.6 is 34.5 Å². The summed E-state index contributed by atoms with van der Waals surface area (Å²) in [4.78, 5) is 0. The Balaban J connectivity index is 2.33. The highest BCUT2D eigenvalue weighted by molar-refractivity contribution is 7.15. The molecule has 0 fully saturated rings. The maximum absolute atomic E-state index is 5.85. The van der Waals surface area contributed by atoms with Gasteiger partial charge in [0, 0.05) is 5.38 Å². The molecule has 0 aliphatic heterocycles. The molecule has 68 valence electrons. The van der Waals surface area contributed by atoms with E-state index in [9.17, 15) is 0 Å². The third-order valence-corrected chi connectivity index (χ3v) is 3.33. The van der Waals surface area contributed by atoms with Gasteiger partial charge in [0.05, 0.1) is 5.38 Å². The average Bonchev–Trinajstić information content (AvgIpc) is 2.75. The Morgan fingerprint density at radius 1 is 1.38 bits per heavy atom. The van der Waals surface area contributed by atoms with Gasteiger partial charge in [-0.2, -0.15) is 0 Å². The number of nitrogens with zero attached hydrogens (tertiary/aromatic N) is 4. The highest BCUT2D eigenvalue weighted by Gasteiger charge is 2.11. The lowest BCUT2D eigenvalue weighted by Crippen LogP contribution is -1.80. The SMILES string of the molecule is CC(Cl)c1nnc(-c2csnn2)s1. The maximum Gasteiger partial charge on any atom is 0.169 e. The van der Waals surface area contributed by atoms with Crippen molar-refractivity contribution in [1.82, 2.24) is 19.8 Å². The standard InChI is InChI=1S/C6H5ClN4S2/c1-3(7)5-9-10-6(13-5)4-2-12-11-8-4/h2-3H,1H3. The van der Waals surface area contributed by atoms with Gasteiger partial charge < -0.3 is 0 Å². The van der Waals surface area contributed by atoms with Crippen molar-refractivity contribution in [3.05, 3.63) is 10.4 Å². The third kappa shape index (κ3) is 1.84. The van der Waals surface area contributed by atoms with E-state index in [-0.39, 0.29) is 5.38 Å². The van der Waals surface area contributed by atoms with Crippen LogP contribution in [0.4, 0.5) is 0 Å². The van der Waals surface area contributed by atoms with Crippen molar-refractivity contribution in [3.63, 3.8) is 0 Å². The molecule has 0 saturated heterocycles. The van der Waals surface area contributed by atoms with Crippen molar-refractivity contribution in [2.24, 2.45) is 0 Å². The molecule has 1 atom stereocenters. The molecule has 2 rings (SSSR count). The second-order valence-electron chi connectivity index (χ2n) is 2.35. The van der Waals surface area contributed by atoms with Crippen LogP contribution in [0.15, 0.2) is 5.38 Å². The van der Waals surface area contributed by atoms with Gasteiger partial charge in [-0.05, 0) is 18.5 Å². The Bertz CT molecular complexity index is 383. The number of rotatable bonds is 2. The highest BCUT2D eigenvalue weighted by atomic mass is 35.5. The lowest BCUT2D eigenvalue weighted by Gasteiger charge is -1.90. The summed E-state index contributed by atoms with van der Waals surface area (Å²) >= 11 is 8.60. The summed E-state index contributed by atoms with van der Waals surface area (Å²) in [7, 11) is 0. The summed E-state index contributed by atoms with van der Waals surface area (Å²) in [5.41, 5.74) is 0.770. The van der Waals surface area contributed by atoms with Crippen LogP contribution in [-0.4, -0.2) is 19.8 Å². The zero-order valence-corrected chi connectivity index (χ0v) is 9.03. The summed E-state index contributed by atoms with van der Waals surface area (Å²) in [5.74, 6) is 0. The molecule has 13 heavy (non-hydrogen) atoms. The fourth-order valence-corrected chi connectivity index (χ4v) is 2.18. The first-order valence-corrected chi connectivity index (χ1v) is 5.61. The smallest absolute Gasteiger partial charge is 0.142 e. The molecule has 0 spiro atoms. The van der Waals surface area contributed by atoms with Crippen LogP contribution in [0.5, 0.6) is 0 Å². The quantitative estimate of drug-likeness (QED) is 0.746. The van der Waals surface area contributed by atoms with Gasteiger partial charge in [0.2, 0.25) is 0 Å². The third-order valence-electron chi connectivity index (χ3n) is 1.36. The molecule has 0 radical (unpaired) electrons. The zero-order chi connectivity index (χ0) is 9.26. The number of halogens is 1. The lowest BCUT2D eigenvalue weighted by atomic mass is 10.5. The van der Waals surface area contributed by atoms with Crippen LogP contribution in [0.3, 0.4) is 0 Å². The minimum atomic E-state index is -0.0992. The fourth-order valence-electron chi connectivity index (χ4n) is 0.757. The predicted molar refractivity (Wildman–Crippen MR) is 53.1 cm³/mol. The van der Waals surface area contributed by atoms with Crippen LogP contribution in [0.25, 0.3) is 10.7 Å². The van der Waals surface area contributed by atoms with E-state index in [0.717, 1.165) is 15.7 Å². The van der Waals surface area contributed by atoms with E-state index in [2.05, 4.69) is 19.8 Å². The van der Waals surface area contributed by atoms with Crippen molar-refractivity contribution in [1.29, 1.82) is 0 Å². The summed E-state index contributed by atoms with van der Waals surface area (Å²) in [6, 6.07) is 0. The van der Waals surface area contributed by atoms with Crippen LogP contribution in [0, 0.1) is 0 Å². The molecule has 2 aromatic rings. The monoisotopic (exact) mass is 232 g/mol. The molecule has 0 saturated carbocycles. The Morgan fingerprint density at radius 3 is 2.77 bits per heavy atom. The van der Waals surface area contributed by atoms with E-state index in [0.29, 0.717) is 0 Å². The molecular formula is C6H5ClN4S2. The van der Waals surface area contributed by atoms with Crippen molar-refractivity contribution in [2.75, 3.05) is 0 Å². The van der Waals surface area contributed by atoms with Crippen LogP contribution in [0.2, 0.25) is 0 Å². The highest BCUT2D eigenvalue weighted by Crippen LogP contribution is 2.28. The lowest BCUT2D eigenvalue weighted by molar-refractivity contribution is 0.960. The first kappa shape index (κ1) is 8.98. The van der Waals surface area contributed by atoms with E-state index in [1.807, 2.05) is 12.3 Å². The molecule has 0 aromatic carbocycles. The van der Waals surface area contributed by atoms with Gasteiger partial charge in [-0.25, -0.2) is 0 Å². The molecule has 0 N–H and O–H groups in total. The molecule has 0 aliphatic carbocycles. The average molecular weight is 233 g/mol. The summed E-state index contributed by atoms with van der Waals surface area (Å²) < 4.78 is 3.75. The molecular weight excluding hydrogens is 228 g/mol.